The van der Waals surface area contributed by atoms with Crippen LogP contribution in [-0.2, 0) is 16.0 Å². The number of benzene rings is 1. The molecule has 0 aliphatic carbocycles. The minimum absolute atomic E-state index is 0.0328. The number of esters is 1. The van der Waals surface area contributed by atoms with E-state index in [0.717, 1.165) is 12.0 Å². The van der Waals surface area contributed by atoms with Gasteiger partial charge >= 0.3 is 12.0 Å². The van der Waals surface area contributed by atoms with Crippen molar-refractivity contribution in [2.75, 3.05) is 12.5 Å². The number of aryl methyl sites for hydroxylation is 1. The van der Waals surface area contributed by atoms with Crippen molar-refractivity contribution in [3.63, 3.8) is 0 Å². The van der Waals surface area contributed by atoms with Crippen molar-refractivity contribution in [3.8, 4) is 0 Å². The van der Waals surface area contributed by atoms with E-state index >= 15 is 0 Å². The molecule has 1 unspecified atom stereocenters. The quantitative estimate of drug-likeness (QED) is 0.647. The number of ether oxygens (including phenoxy) is 1. The Balaban J connectivity index is 2.44. The van der Waals surface area contributed by atoms with Gasteiger partial charge < -0.3 is 15.4 Å². The topological polar surface area (TPSA) is 67.4 Å². The zero-order valence-corrected chi connectivity index (χ0v) is 13.4. The fraction of sp³-hybridized carbons (Fsp3) is 0.375. The van der Waals surface area contributed by atoms with Crippen LogP contribution in [0.2, 0.25) is 0 Å². The number of carbonyl (C=O) groups is 2. The van der Waals surface area contributed by atoms with Crippen LogP contribution in [0.5, 0.6) is 0 Å². The van der Waals surface area contributed by atoms with Crippen LogP contribution in [0.4, 0.5) is 4.79 Å². The Morgan fingerprint density at radius 2 is 1.95 bits per heavy atom. The van der Waals surface area contributed by atoms with Gasteiger partial charge in [0.25, 0.3) is 0 Å². The summed E-state index contributed by atoms with van der Waals surface area (Å²) in [5, 5.41) is 5.33. The van der Waals surface area contributed by atoms with Crippen LogP contribution in [0.25, 0.3) is 0 Å². The number of alkyl halides is 1. The standard InChI is InChI=1S/C16H19ClN2O3/c1-3-10-5-7-11(8-6-10)14-13(15(20)22-4-2)12(9-17)18-16(21)19-14/h5-8,14H,3-4,9H2,1-2H3,(H2,18,19,21). The zero-order chi connectivity index (χ0) is 16.1. The average molecular weight is 323 g/mol. The lowest BCUT2D eigenvalue weighted by Gasteiger charge is -2.28. The monoisotopic (exact) mass is 322 g/mol. The van der Waals surface area contributed by atoms with Crippen molar-refractivity contribution in [2.24, 2.45) is 0 Å². The Hall–Kier alpha value is -2.01. The third-order valence-corrected chi connectivity index (χ3v) is 3.77. The number of rotatable bonds is 5. The number of nitrogens with one attached hydrogen (secondary N) is 2. The van der Waals surface area contributed by atoms with Crippen LogP contribution in [0.1, 0.15) is 31.0 Å². The number of halogens is 1. The summed E-state index contributed by atoms with van der Waals surface area (Å²) in [4.78, 5) is 24.0. The highest BCUT2D eigenvalue weighted by atomic mass is 35.5. The van der Waals surface area contributed by atoms with Gasteiger partial charge in [0, 0.05) is 5.70 Å². The first kappa shape index (κ1) is 16.4. The highest BCUT2D eigenvalue weighted by Gasteiger charge is 2.33. The molecule has 1 heterocycles. The van der Waals surface area contributed by atoms with Gasteiger partial charge in [0.05, 0.1) is 24.1 Å². The first-order valence-electron chi connectivity index (χ1n) is 7.23. The summed E-state index contributed by atoms with van der Waals surface area (Å²) in [6.07, 6.45) is 0.923. The summed E-state index contributed by atoms with van der Waals surface area (Å²) < 4.78 is 5.10. The summed E-state index contributed by atoms with van der Waals surface area (Å²) in [5.74, 6) is -0.444. The number of hydrogen-bond donors (Lipinski definition) is 2. The molecule has 1 aliphatic rings. The van der Waals surface area contributed by atoms with Gasteiger partial charge in [0.1, 0.15) is 0 Å². The molecule has 2 amide bonds. The number of hydrogen-bond acceptors (Lipinski definition) is 3. The lowest BCUT2D eigenvalue weighted by Crippen LogP contribution is -2.46. The molecule has 0 spiro atoms. The highest BCUT2D eigenvalue weighted by Crippen LogP contribution is 2.28. The Labute approximate surface area is 134 Å². The van der Waals surface area contributed by atoms with Crippen LogP contribution >= 0.6 is 11.6 Å². The van der Waals surface area contributed by atoms with Crippen molar-refractivity contribution >= 4 is 23.6 Å². The second kappa shape index (κ2) is 7.31. The van der Waals surface area contributed by atoms with Gasteiger partial charge in [-0.2, -0.15) is 0 Å². The molecule has 0 bridgehead atoms. The molecule has 118 valence electrons. The lowest BCUT2D eigenvalue weighted by molar-refractivity contribution is -0.139. The van der Waals surface area contributed by atoms with E-state index in [1.165, 1.54) is 5.56 Å². The van der Waals surface area contributed by atoms with Crippen molar-refractivity contribution in [1.29, 1.82) is 0 Å². The molecule has 1 aromatic carbocycles. The minimum Gasteiger partial charge on any atom is -0.463 e. The fourth-order valence-corrected chi connectivity index (χ4v) is 2.58. The van der Waals surface area contributed by atoms with Crippen LogP contribution in [0.3, 0.4) is 0 Å². The first-order valence-corrected chi connectivity index (χ1v) is 7.76. The van der Waals surface area contributed by atoms with Crippen molar-refractivity contribution in [1.82, 2.24) is 10.6 Å². The molecular weight excluding hydrogens is 304 g/mol. The molecule has 1 aliphatic heterocycles. The number of urea groups is 1. The summed E-state index contributed by atoms with van der Waals surface area (Å²) in [7, 11) is 0. The van der Waals surface area contributed by atoms with Gasteiger partial charge in [-0.15, -0.1) is 11.6 Å². The van der Waals surface area contributed by atoms with Gasteiger partial charge in [-0.25, -0.2) is 9.59 Å². The van der Waals surface area contributed by atoms with Crippen LogP contribution in [0.15, 0.2) is 35.5 Å². The largest absolute Gasteiger partial charge is 0.463 e. The minimum atomic E-state index is -0.563. The third-order valence-electron chi connectivity index (χ3n) is 3.50. The molecule has 1 atom stereocenters. The van der Waals surface area contributed by atoms with Crippen molar-refractivity contribution in [2.45, 2.75) is 26.3 Å². The van der Waals surface area contributed by atoms with E-state index in [1.54, 1.807) is 6.92 Å². The molecule has 0 radical (unpaired) electrons. The van der Waals surface area contributed by atoms with E-state index in [9.17, 15) is 9.59 Å². The molecule has 1 aromatic rings. The van der Waals surface area contributed by atoms with E-state index in [0.29, 0.717) is 11.3 Å². The van der Waals surface area contributed by atoms with Gasteiger partial charge in [-0.3, -0.25) is 0 Å². The Morgan fingerprint density at radius 3 is 2.50 bits per heavy atom. The fourth-order valence-electron chi connectivity index (χ4n) is 2.37. The molecule has 6 heteroatoms. The highest BCUT2D eigenvalue weighted by molar-refractivity contribution is 6.20. The van der Waals surface area contributed by atoms with Gasteiger partial charge in [0.15, 0.2) is 0 Å². The van der Waals surface area contributed by atoms with Crippen molar-refractivity contribution in [3.05, 3.63) is 46.7 Å². The maximum Gasteiger partial charge on any atom is 0.338 e. The number of amides is 2. The van der Waals surface area contributed by atoms with E-state index < -0.39 is 12.0 Å². The molecule has 0 fully saturated rings. The summed E-state index contributed by atoms with van der Waals surface area (Å²) >= 11 is 5.88. The van der Waals surface area contributed by atoms with Crippen molar-refractivity contribution < 1.29 is 14.3 Å². The molecular formula is C16H19ClN2O3. The van der Waals surface area contributed by atoms with Crippen LogP contribution in [0, 0.1) is 0 Å². The van der Waals surface area contributed by atoms with E-state index in [1.807, 2.05) is 24.3 Å². The first-order chi connectivity index (χ1) is 10.6. The Morgan fingerprint density at radius 1 is 1.27 bits per heavy atom. The SMILES string of the molecule is CCOC(=O)C1=C(CCl)NC(=O)NC1c1ccc(CC)cc1. The average Bonchev–Trinajstić information content (AvgIpc) is 2.54. The predicted molar refractivity (Wildman–Crippen MR) is 84.6 cm³/mol. The summed E-state index contributed by atoms with van der Waals surface area (Å²) in [6, 6.07) is 6.82. The lowest BCUT2D eigenvalue weighted by atomic mass is 9.94. The maximum absolute atomic E-state index is 12.3. The molecule has 5 nitrogen and oxygen atoms in total. The Bertz CT molecular complexity index is 596. The summed E-state index contributed by atoms with van der Waals surface area (Å²) in [6.45, 7) is 4.06. The van der Waals surface area contributed by atoms with Gasteiger partial charge in [0.2, 0.25) is 0 Å². The number of allylic oxidation sites excluding steroid dienone is 1. The van der Waals surface area contributed by atoms with E-state index in [2.05, 4.69) is 17.6 Å². The summed E-state index contributed by atoms with van der Waals surface area (Å²) in [5.41, 5.74) is 2.73. The molecule has 0 saturated carbocycles. The molecule has 22 heavy (non-hydrogen) atoms. The molecule has 0 saturated heterocycles. The maximum atomic E-state index is 12.3. The molecule has 2 rings (SSSR count). The third kappa shape index (κ3) is 3.42. The second-order valence-corrected chi connectivity index (χ2v) is 5.14. The van der Waals surface area contributed by atoms with Crippen LogP contribution < -0.4 is 10.6 Å². The van der Waals surface area contributed by atoms with E-state index in [-0.39, 0.29) is 18.5 Å². The normalized spacial score (nSPS) is 17.8. The zero-order valence-electron chi connectivity index (χ0n) is 12.6. The predicted octanol–water partition coefficient (Wildman–Crippen LogP) is 2.66. The second-order valence-electron chi connectivity index (χ2n) is 4.87. The van der Waals surface area contributed by atoms with E-state index in [4.69, 9.17) is 16.3 Å². The molecule has 0 aromatic heterocycles. The Kier molecular flexibility index (Phi) is 5.44. The van der Waals surface area contributed by atoms with Gasteiger partial charge in [-0.1, -0.05) is 31.2 Å². The molecule has 2 N–H and O–H groups in total. The van der Waals surface area contributed by atoms with Crippen LogP contribution in [-0.4, -0.2) is 24.5 Å². The number of carbonyl (C=O) groups excluding carboxylic acids is 2. The smallest absolute Gasteiger partial charge is 0.338 e. The van der Waals surface area contributed by atoms with Gasteiger partial charge in [-0.05, 0) is 24.5 Å².